The van der Waals surface area contributed by atoms with Crippen molar-refractivity contribution in [1.29, 1.82) is 0 Å². The first-order chi connectivity index (χ1) is 17.8. The maximum absolute atomic E-state index is 13.5. The fourth-order valence-corrected chi connectivity index (χ4v) is 4.71. The number of rotatable bonds is 5. The molecule has 0 bridgehead atoms. The first-order valence-corrected chi connectivity index (χ1v) is 12.6. The van der Waals surface area contributed by atoms with E-state index in [9.17, 15) is 9.90 Å². The lowest BCUT2D eigenvalue weighted by Crippen LogP contribution is -2.00. The van der Waals surface area contributed by atoms with Gasteiger partial charge in [0.05, 0.1) is 29.4 Å². The second-order valence-electron chi connectivity index (χ2n) is 9.11. The molecule has 5 aromatic rings. The highest BCUT2D eigenvalue weighted by Gasteiger charge is 2.20. The number of halogens is 1. The van der Waals surface area contributed by atoms with Gasteiger partial charge in [0.25, 0.3) is 5.91 Å². The standard InChI is InChI=1S/C29H25BrN4O3/c1-16(2)34-26-12-5-17(3)13-23(26)27(29(34)36)32-33-28(35)22-15-25(18-6-8-19(30)9-7-18)31-24-11-10-20(37-4)14-21(22)24/h5-16,36H,1-4H3. The molecule has 0 unspecified atom stereocenters. The van der Waals surface area contributed by atoms with E-state index in [0.717, 1.165) is 26.5 Å². The number of aromatic nitrogens is 2. The molecule has 0 aliphatic rings. The molecule has 7 nitrogen and oxygen atoms in total. The van der Waals surface area contributed by atoms with E-state index in [2.05, 4.69) is 26.2 Å². The number of azo groups is 1. The molecule has 0 aliphatic carbocycles. The van der Waals surface area contributed by atoms with Gasteiger partial charge in [-0.2, -0.15) is 0 Å². The topological polar surface area (TPSA) is 89.1 Å². The molecule has 5 rings (SSSR count). The zero-order valence-corrected chi connectivity index (χ0v) is 22.4. The summed E-state index contributed by atoms with van der Waals surface area (Å²) in [5.74, 6) is 0.0327. The third-order valence-electron chi connectivity index (χ3n) is 6.25. The summed E-state index contributed by atoms with van der Waals surface area (Å²) in [5, 5.41) is 20.7. The number of aromatic hydroxyl groups is 1. The minimum atomic E-state index is -0.545. The predicted molar refractivity (Wildman–Crippen MR) is 149 cm³/mol. The maximum Gasteiger partial charge on any atom is 0.296 e. The van der Waals surface area contributed by atoms with Crippen molar-refractivity contribution in [3.05, 3.63) is 82.3 Å². The number of benzene rings is 3. The maximum atomic E-state index is 13.5. The summed E-state index contributed by atoms with van der Waals surface area (Å²) >= 11 is 3.45. The zero-order chi connectivity index (χ0) is 26.3. The minimum Gasteiger partial charge on any atom is -0.497 e. The highest BCUT2D eigenvalue weighted by molar-refractivity contribution is 9.10. The van der Waals surface area contributed by atoms with Crippen LogP contribution in [0.1, 0.15) is 35.8 Å². The van der Waals surface area contributed by atoms with Gasteiger partial charge in [-0.15, -0.1) is 10.2 Å². The number of hydrogen-bond acceptors (Lipinski definition) is 5. The van der Waals surface area contributed by atoms with Gasteiger partial charge < -0.3 is 14.4 Å². The number of ether oxygens (including phenoxy) is 1. The van der Waals surface area contributed by atoms with Crippen LogP contribution >= 0.6 is 15.9 Å². The normalized spacial score (nSPS) is 11.7. The van der Waals surface area contributed by atoms with Gasteiger partial charge in [-0.25, -0.2) is 4.98 Å². The average molecular weight is 557 g/mol. The summed E-state index contributed by atoms with van der Waals surface area (Å²) in [6, 6.07) is 20.7. The molecule has 3 aromatic carbocycles. The van der Waals surface area contributed by atoms with Crippen LogP contribution in [-0.2, 0) is 0 Å². The molecule has 0 fully saturated rings. The van der Waals surface area contributed by atoms with E-state index in [-0.39, 0.29) is 17.6 Å². The van der Waals surface area contributed by atoms with Gasteiger partial charge in [-0.3, -0.25) is 4.79 Å². The summed E-state index contributed by atoms with van der Waals surface area (Å²) in [7, 11) is 1.57. The number of fused-ring (bicyclic) bond motifs is 2. The Hall–Kier alpha value is -4.04. The average Bonchev–Trinajstić information content (AvgIpc) is 3.16. The molecule has 0 saturated heterocycles. The fraction of sp³-hybridized carbons (Fsp3) is 0.172. The molecule has 8 heteroatoms. The van der Waals surface area contributed by atoms with Gasteiger partial charge in [0.1, 0.15) is 5.75 Å². The number of pyridine rings is 1. The molecule has 2 aromatic heterocycles. The monoisotopic (exact) mass is 556 g/mol. The second-order valence-corrected chi connectivity index (χ2v) is 10.0. The van der Waals surface area contributed by atoms with E-state index >= 15 is 0 Å². The summed E-state index contributed by atoms with van der Waals surface area (Å²) in [6.45, 7) is 5.92. The van der Waals surface area contributed by atoms with Crippen LogP contribution in [0.2, 0.25) is 0 Å². The Morgan fingerprint density at radius 2 is 1.78 bits per heavy atom. The van der Waals surface area contributed by atoms with Crippen molar-refractivity contribution < 1.29 is 14.6 Å². The Labute approximate surface area is 222 Å². The van der Waals surface area contributed by atoms with Gasteiger partial charge in [0.2, 0.25) is 5.88 Å². The SMILES string of the molecule is COc1ccc2nc(-c3ccc(Br)cc3)cc(C(=O)N=Nc3c(O)n(C(C)C)c4ccc(C)cc34)c2c1. The van der Waals surface area contributed by atoms with Crippen LogP contribution in [0.5, 0.6) is 11.6 Å². The molecule has 2 heterocycles. The van der Waals surface area contributed by atoms with E-state index in [4.69, 9.17) is 9.72 Å². The van der Waals surface area contributed by atoms with Gasteiger partial charge in [0, 0.05) is 26.9 Å². The van der Waals surface area contributed by atoms with Crippen LogP contribution < -0.4 is 4.74 Å². The van der Waals surface area contributed by atoms with Crippen molar-refractivity contribution in [2.24, 2.45) is 10.2 Å². The number of carbonyl (C=O) groups excluding carboxylic acids is 1. The molecule has 37 heavy (non-hydrogen) atoms. The van der Waals surface area contributed by atoms with Crippen LogP contribution in [-0.4, -0.2) is 27.7 Å². The van der Waals surface area contributed by atoms with E-state index in [1.54, 1.807) is 29.9 Å². The van der Waals surface area contributed by atoms with Gasteiger partial charge in [0.15, 0.2) is 5.69 Å². The number of methoxy groups -OCH3 is 1. The molecular formula is C29H25BrN4O3. The van der Waals surface area contributed by atoms with Crippen molar-refractivity contribution in [1.82, 2.24) is 9.55 Å². The molecule has 0 saturated carbocycles. The van der Waals surface area contributed by atoms with E-state index in [1.165, 1.54) is 0 Å². The number of amides is 1. The molecule has 1 N–H and O–H groups in total. The minimum absolute atomic E-state index is 0.00469. The Morgan fingerprint density at radius 1 is 1.03 bits per heavy atom. The van der Waals surface area contributed by atoms with Crippen molar-refractivity contribution >= 4 is 49.3 Å². The molecule has 0 radical (unpaired) electrons. The molecular weight excluding hydrogens is 532 g/mol. The van der Waals surface area contributed by atoms with Crippen LogP contribution in [0.15, 0.2) is 81.4 Å². The smallest absolute Gasteiger partial charge is 0.296 e. The van der Waals surface area contributed by atoms with Gasteiger partial charge >= 0.3 is 0 Å². The fourth-order valence-electron chi connectivity index (χ4n) is 4.45. The van der Waals surface area contributed by atoms with Gasteiger partial charge in [-0.1, -0.05) is 39.7 Å². The quantitative estimate of drug-likeness (QED) is 0.221. The molecule has 186 valence electrons. The molecule has 1 amide bonds. The second kappa shape index (κ2) is 9.78. The molecule has 0 spiro atoms. The molecule has 0 atom stereocenters. The Bertz CT molecular complexity index is 1690. The Morgan fingerprint density at radius 3 is 2.49 bits per heavy atom. The van der Waals surface area contributed by atoms with Gasteiger partial charge in [-0.05, 0) is 69.3 Å². The predicted octanol–water partition coefficient (Wildman–Crippen LogP) is 8.15. The highest BCUT2D eigenvalue weighted by Crippen LogP contribution is 2.41. The van der Waals surface area contributed by atoms with E-state index < -0.39 is 5.91 Å². The summed E-state index contributed by atoms with van der Waals surface area (Å²) in [6.07, 6.45) is 0. The Balaban J connectivity index is 1.65. The summed E-state index contributed by atoms with van der Waals surface area (Å²) < 4.78 is 8.11. The van der Waals surface area contributed by atoms with Crippen molar-refractivity contribution in [2.45, 2.75) is 26.8 Å². The summed E-state index contributed by atoms with van der Waals surface area (Å²) in [5.41, 5.74) is 4.59. The first-order valence-electron chi connectivity index (χ1n) is 11.8. The highest BCUT2D eigenvalue weighted by atomic mass is 79.9. The number of nitrogens with zero attached hydrogens (tertiary/aromatic N) is 4. The van der Waals surface area contributed by atoms with Crippen LogP contribution in [0, 0.1) is 6.92 Å². The van der Waals surface area contributed by atoms with Crippen LogP contribution in [0.3, 0.4) is 0 Å². The largest absolute Gasteiger partial charge is 0.497 e. The lowest BCUT2D eigenvalue weighted by Gasteiger charge is -2.10. The lowest BCUT2D eigenvalue weighted by molar-refractivity contribution is 0.0996. The van der Waals surface area contributed by atoms with Crippen LogP contribution in [0.4, 0.5) is 5.69 Å². The first kappa shape index (κ1) is 24.6. The third kappa shape index (κ3) is 4.60. The third-order valence-corrected chi connectivity index (χ3v) is 6.78. The number of hydrogen-bond donors (Lipinski definition) is 1. The van der Waals surface area contributed by atoms with Crippen molar-refractivity contribution in [3.63, 3.8) is 0 Å². The van der Waals surface area contributed by atoms with Crippen molar-refractivity contribution in [2.75, 3.05) is 7.11 Å². The Kier molecular flexibility index (Phi) is 6.52. The number of carbonyl (C=O) groups is 1. The molecule has 0 aliphatic heterocycles. The number of aryl methyl sites for hydroxylation is 1. The van der Waals surface area contributed by atoms with E-state index in [0.29, 0.717) is 27.9 Å². The zero-order valence-electron chi connectivity index (χ0n) is 20.9. The summed E-state index contributed by atoms with van der Waals surface area (Å²) in [4.78, 5) is 18.3. The van der Waals surface area contributed by atoms with Crippen molar-refractivity contribution in [3.8, 4) is 22.9 Å². The lowest BCUT2D eigenvalue weighted by atomic mass is 10.0. The van der Waals surface area contributed by atoms with Crippen LogP contribution in [0.25, 0.3) is 33.1 Å². The van der Waals surface area contributed by atoms with E-state index in [1.807, 2.05) is 69.3 Å².